The first kappa shape index (κ1) is 16.0. The maximum absolute atomic E-state index is 12.9. The summed E-state index contributed by atoms with van der Waals surface area (Å²) in [5, 5.41) is 2.93. The molecule has 1 aromatic rings. The molecule has 1 aliphatic heterocycles. The summed E-state index contributed by atoms with van der Waals surface area (Å²) in [6.45, 7) is 3.57. The maximum atomic E-state index is 12.9. The Morgan fingerprint density at radius 1 is 1.30 bits per heavy atom. The predicted molar refractivity (Wildman–Crippen MR) is 84.9 cm³/mol. The van der Waals surface area contributed by atoms with Gasteiger partial charge in [0.1, 0.15) is 5.82 Å². The van der Waals surface area contributed by atoms with Crippen LogP contribution in [0, 0.1) is 17.2 Å². The molecule has 1 saturated carbocycles. The molecule has 2 fully saturated rings. The summed E-state index contributed by atoms with van der Waals surface area (Å²) in [4.78, 5) is 26.7. The molecule has 0 aromatic heterocycles. The number of piperidine rings is 1. The number of carbonyl (C=O) groups is 2. The maximum Gasteiger partial charge on any atom is 0.227 e. The van der Waals surface area contributed by atoms with E-state index in [0.717, 1.165) is 37.8 Å². The number of nitrogens with zero attached hydrogens (tertiary/aromatic N) is 1. The van der Waals surface area contributed by atoms with E-state index in [-0.39, 0.29) is 23.5 Å². The zero-order chi connectivity index (χ0) is 16.4. The van der Waals surface area contributed by atoms with Crippen molar-refractivity contribution in [2.75, 3.05) is 13.1 Å². The summed E-state index contributed by atoms with van der Waals surface area (Å²) < 4.78 is 12.9. The van der Waals surface area contributed by atoms with Crippen LogP contribution in [0.25, 0.3) is 0 Å². The van der Waals surface area contributed by atoms with Crippen molar-refractivity contribution in [3.05, 3.63) is 35.6 Å². The molecule has 1 atom stereocenters. The Kier molecular flexibility index (Phi) is 4.37. The number of carbonyl (C=O) groups excluding carboxylic acids is 2. The average molecular weight is 318 g/mol. The van der Waals surface area contributed by atoms with E-state index in [1.54, 1.807) is 12.1 Å². The van der Waals surface area contributed by atoms with Gasteiger partial charge in [-0.25, -0.2) is 4.39 Å². The van der Waals surface area contributed by atoms with Gasteiger partial charge < -0.3 is 10.2 Å². The smallest absolute Gasteiger partial charge is 0.227 e. The molecule has 1 unspecified atom stereocenters. The Morgan fingerprint density at radius 2 is 2.00 bits per heavy atom. The Bertz CT molecular complexity index is 598. The number of benzene rings is 1. The van der Waals surface area contributed by atoms with Crippen LogP contribution in [0.2, 0.25) is 0 Å². The molecule has 0 spiro atoms. The highest BCUT2D eigenvalue weighted by atomic mass is 19.1. The fraction of sp³-hybridized carbons (Fsp3) is 0.556. The monoisotopic (exact) mass is 318 g/mol. The van der Waals surface area contributed by atoms with Crippen LogP contribution in [0.5, 0.6) is 0 Å². The van der Waals surface area contributed by atoms with Crippen molar-refractivity contribution < 1.29 is 14.0 Å². The molecule has 1 aliphatic carbocycles. The third-order valence-corrected chi connectivity index (χ3v) is 4.85. The van der Waals surface area contributed by atoms with Crippen molar-refractivity contribution in [1.82, 2.24) is 10.2 Å². The summed E-state index contributed by atoms with van der Waals surface area (Å²) in [5.41, 5.74) is 0.327. The number of likely N-dealkylation sites (tertiary alicyclic amines) is 1. The average Bonchev–Trinajstić information content (AvgIpc) is 3.38. The zero-order valence-electron chi connectivity index (χ0n) is 13.5. The minimum atomic E-state index is -0.539. The molecule has 23 heavy (non-hydrogen) atoms. The lowest BCUT2D eigenvalue weighted by atomic mass is 9.80. The van der Waals surface area contributed by atoms with Crippen molar-refractivity contribution in [1.29, 1.82) is 0 Å². The molecule has 5 heteroatoms. The first-order valence-electron chi connectivity index (χ1n) is 8.29. The Balaban J connectivity index is 1.58. The Labute approximate surface area is 136 Å². The van der Waals surface area contributed by atoms with E-state index in [4.69, 9.17) is 0 Å². The first-order valence-corrected chi connectivity index (χ1v) is 8.29. The van der Waals surface area contributed by atoms with E-state index in [2.05, 4.69) is 5.32 Å². The quantitative estimate of drug-likeness (QED) is 0.927. The summed E-state index contributed by atoms with van der Waals surface area (Å²) in [6, 6.07) is 6.11. The minimum absolute atomic E-state index is 0.0323. The molecular formula is C18H23FN2O2. The number of nitrogens with one attached hydrogen (secondary N) is 1. The number of halogens is 1. The zero-order valence-corrected chi connectivity index (χ0v) is 13.5. The van der Waals surface area contributed by atoms with Crippen LogP contribution in [-0.2, 0) is 16.1 Å². The third-order valence-electron chi connectivity index (χ3n) is 4.85. The van der Waals surface area contributed by atoms with Crippen molar-refractivity contribution in [3.63, 3.8) is 0 Å². The lowest BCUT2D eigenvalue weighted by Gasteiger charge is -2.39. The second-order valence-corrected chi connectivity index (χ2v) is 7.01. The number of hydrogen-bond acceptors (Lipinski definition) is 2. The third kappa shape index (κ3) is 3.71. The second kappa shape index (κ2) is 6.30. The highest BCUT2D eigenvalue weighted by Crippen LogP contribution is 2.35. The highest BCUT2D eigenvalue weighted by molar-refractivity contribution is 5.85. The van der Waals surface area contributed by atoms with Gasteiger partial charge in [0.25, 0.3) is 0 Å². The van der Waals surface area contributed by atoms with Gasteiger partial charge in [0.2, 0.25) is 11.8 Å². The van der Waals surface area contributed by atoms with Gasteiger partial charge in [-0.1, -0.05) is 12.1 Å². The van der Waals surface area contributed by atoms with Crippen molar-refractivity contribution in [2.24, 2.45) is 11.3 Å². The normalized spacial score (nSPS) is 24.3. The summed E-state index contributed by atoms with van der Waals surface area (Å²) in [5.74, 6) is 0.0885. The largest absolute Gasteiger partial charge is 0.351 e. The van der Waals surface area contributed by atoms with Gasteiger partial charge in [0, 0.05) is 25.6 Å². The number of rotatable bonds is 4. The van der Waals surface area contributed by atoms with Crippen LogP contribution < -0.4 is 5.32 Å². The van der Waals surface area contributed by atoms with Crippen molar-refractivity contribution >= 4 is 11.8 Å². The lowest BCUT2D eigenvalue weighted by Crippen LogP contribution is -2.52. The molecule has 1 heterocycles. The summed E-state index contributed by atoms with van der Waals surface area (Å²) in [7, 11) is 0. The molecular weight excluding hydrogens is 295 g/mol. The van der Waals surface area contributed by atoms with Gasteiger partial charge in [-0.05, 0) is 50.3 Å². The van der Waals surface area contributed by atoms with Crippen LogP contribution in [0.3, 0.4) is 0 Å². The summed E-state index contributed by atoms with van der Waals surface area (Å²) in [6.07, 6.45) is 3.63. The van der Waals surface area contributed by atoms with Gasteiger partial charge in [0.15, 0.2) is 0 Å². The standard InChI is InChI=1S/C18H23FN2O2/c1-18(9-2-10-21(12-18)16(22)14-5-6-14)17(23)20-11-13-3-7-15(19)8-4-13/h3-4,7-8,14H,2,5-6,9-12H2,1H3,(H,20,23). The fourth-order valence-electron chi connectivity index (χ4n) is 3.20. The van der Waals surface area contributed by atoms with Crippen LogP contribution in [0.1, 0.15) is 38.2 Å². The number of hydrogen-bond donors (Lipinski definition) is 1. The summed E-state index contributed by atoms with van der Waals surface area (Å²) >= 11 is 0. The van der Waals surface area contributed by atoms with Crippen LogP contribution >= 0.6 is 0 Å². The lowest BCUT2D eigenvalue weighted by molar-refractivity contribution is -0.141. The van der Waals surface area contributed by atoms with Crippen LogP contribution in [-0.4, -0.2) is 29.8 Å². The van der Waals surface area contributed by atoms with Gasteiger partial charge in [0.05, 0.1) is 5.41 Å². The van der Waals surface area contributed by atoms with E-state index >= 15 is 0 Å². The SMILES string of the molecule is CC1(C(=O)NCc2ccc(F)cc2)CCCN(C(=O)C2CC2)C1. The fourth-order valence-corrected chi connectivity index (χ4v) is 3.20. The van der Waals surface area contributed by atoms with E-state index in [0.29, 0.717) is 13.1 Å². The molecule has 4 nitrogen and oxygen atoms in total. The van der Waals surface area contributed by atoms with Crippen molar-refractivity contribution in [3.8, 4) is 0 Å². The van der Waals surface area contributed by atoms with E-state index in [9.17, 15) is 14.0 Å². The van der Waals surface area contributed by atoms with E-state index < -0.39 is 5.41 Å². The van der Waals surface area contributed by atoms with Gasteiger partial charge >= 0.3 is 0 Å². The highest BCUT2D eigenvalue weighted by Gasteiger charge is 2.42. The van der Waals surface area contributed by atoms with E-state index in [1.807, 2.05) is 11.8 Å². The predicted octanol–water partition coefficient (Wildman–Crippen LogP) is 2.48. The molecule has 3 rings (SSSR count). The number of amides is 2. The van der Waals surface area contributed by atoms with Gasteiger partial charge in [-0.2, -0.15) is 0 Å². The molecule has 2 aliphatic rings. The van der Waals surface area contributed by atoms with Crippen LogP contribution in [0.4, 0.5) is 4.39 Å². The molecule has 1 aromatic carbocycles. The van der Waals surface area contributed by atoms with Crippen LogP contribution in [0.15, 0.2) is 24.3 Å². The molecule has 0 bridgehead atoms. The Hall–Kier alpha value is -1.91. The van der Waals surface area contributed by atoms with Gasteiger partial charge in [-0.15, -0.1) is 0 Å². The molecule has 0 radical (unpaired) electrons. The van der Waals surface area contributed by atoms with Crippen molar-refractivity contribution in [2.45, 2.75) is 39.2 Å². The Morgan fingerprint density at radius 3 is 2.65 bits per heavy atom. The second-order valence-electron chi connectivity index (χ2n) is 7.01. The van der Waals surface area contributed by atoms with Gasteiger partial charge in [-0.3, -0.25) is 9.59 Å². The molecule has 124 valence electrons. The molecule has 1 saturated heterocycles. The topological polar surface area (TPSA) is 49.4 Å². The molecule has 1 N–H and O–H groups in total. The molecule has 2 amide bonds. The minimum Gasteiger partial charge on any atom is -0.351 e. The first-order chi connectivity index (χ1) is 11.0. The van der Waals surface area contributed by atoms with E-state index in [1.165, 1.54) is 12.1 Å².